The molecule has 0 heterocycles. The predicted octanol–water partition coefficient (Wildman–Crippen LogP) is 3.65. The molecule has 0 saturated heterocycles. The number of allylic oxidation sites excluding steroid dienone is 4. The fourth-order valence-corrected chi connectivity index (χ4v) is 8.18. The van der Waals surface area contributed by atoms with E-state index in [2.05, 4.69) is 39.8 Å². The molecule has 15 heavy (non-hydrogen) atoms. The van der Waals surface area contributed by atoms with Crippen molar-refractivity contribution in [2.24, 2.45) is 0 Å². The molecule has 0 spiro atoms. The molecule has 0 aliphatic heterocycles. The van der Waals surface area contributed by atoms with Gasteiger partial charge in [0.2, 0.25) is 0 Å². The summed E-state index contributed by atoms with van der Waals surface area (Å²) in [5, 5.41) is 0. The molecule has 88 valence electrons. The van der Waals surface area contributed by atoms with Crippen LogP contribution in [0.2, 0.25) is 8.87 Å². The zero-order chi connectivity index (χ0) is 11.9. The molecule has 2 nitrogen and oxygen atoms in total. The van der Waals surface area contributed by atoms with Crippen molar-refractivity contribution < 1.29 is 6.15 Å². The van der Waals surface area contributed by atoms with E-state index in [-0.39, 0.29) is 0 Å². The Morgan fingerprint density at radius 3 is 1.40 bits per heavy atom. The zero-order valence-electron chi connectivity index (χ0n) is 10.9. The van der Waals surface area contributed by atoms with Gasteiger partial charge in [-0.25, -0.2) is 0 Å². The third-order valence-corrected chi connectivity index (χ3v) is 11.3. The Morgan fingerprint density at radius 1 is 0.867 bits per heavy atom. The van der Waals surface area contributed by atoms with Gasteiger partial charge < -0.3 is 0 Å². The molecular formula is C12H24O2Sn. The van der Waals surface area contributed by atoms with Gasteiger partial charge in [-0.3, -0.25) is 0 Å². The third-order valence-electron chi connectivity index (χ3n) is 2.39. The number of hydrogen-bond acceptors (Lipinski definition) is 2. The van der Waals surface area contributed by atoms with Crippen LogP contribution in [-0.4, -0.2) is 33.4 Å². The molecule has 0 atom stereocenters. The Bertz CT molecular complexity index is 210. The van der Waals surface area contributed by atoms with Crippen LogP contribution in [0.25, 0.3) is 0 Å². The van der Waals surface area contributed by atoms with Gasteiger partial charge in [-0.15, -0.1) is 0 Å². The summed E-state index contributed by atoms with van der Waals surface area (Å²) in [7, 11) is 3.58. The van der Waals surface area contributed by atoms with Gasteiger partial charge >= 0.3 is 99.4 Å². The van der Waals surface area contributed by atoms with E-state index in [4.69, 9.17) is 6.15 Å². The van der Waals surface area contributed by atoms with Crippen LogP contribution in [0.4, 0.5) is 0 Å². The predicted molar refractivity (Wildman–Crippen MR) is 68.2 cm³/mol. The summed E-state index contributed by atoms with van der Waals surface area (Å²) in [5.41, 5.74) is 2.67. The normalized spacial score (nSPS) is 11.1. The van der Waals surface area contributed by atoms with Crippen molar-refractivity contribution in [3.05, 3.63) is 23.3 Å². The van der Waals surface area contributed by atoms with Crippen LogP contribution in [-0.2, 0) is 6.15 Å². The first-order chi connectivity index (χ1) is 6.95. The number of hydrogen-bond donors (Lipinski definition) is 0. The molecule has 0 aliphatic carbocycles. The Balaban J connectivity index is 4.57. The molecule has 0 aromatic heterocycles. The van der Waals surface area contributed by atoms with E-state index in [1.165, 1.54) is 11.1 Å². The molecule has 0 aromatic rings. The second-order valence-electron chi connectivity index (χ2n) is 4.29. The van der Waals surface area contributed by atoms with Crippen LogP contribution >= 0.6 is 0 Å². The third kappa shape index (κ3) is 6.38. The van der Waals surface area contributed by atoms with Crippen LogP contribution in [0.15, 0.2) is 23.3 Å². The molecule has 0 aromatic carbocycles. The van der Waals surface area contributed by atoms with E-state index in [1.54, 1.807) is 14.2 Å². The Labute approximate surface area is 99.3 Å². The molecule has 0 N–H and O–H groups in total. The molecule has 0 unspecified atom stereocenters. The van der Waals surface area contributed by atoms with Crippen molar-refractivity contribution in [1.29, 1.82) is 0 Å². The fourth-order valence-electron chi connectivity index (χ4n) is 1.22. The summed E-state index contributed by atoms with van der Waals surface area (Å²) in [6.45, 7) is 8.46. The zero-order valence-corrected chi connectivity index (χ0v) is 13.7. The Morgan fingerprint density at radius 2 is 1.20 bits per heavy atom. The van der Waals surface area contributed by atoms with E-state index in [9.17, 15) is 0 Å². The van der Waals surface area contributed by atoms with Crippen molar-refractivity contribution in [1.82, 2.24) is 0 Å². The summed E-state index contributed by atoms with van der Waals surface area (Å²) in [5.74, 6) is 0. The molecule has 0 amide bonds. The molecule has 0 radical (unpaired) electrons. The Hall–Kier alpha value is 0.199. The summed E-state index contributed by atoms with van der Waals surface area (Å²) in [6.07, 6.45) is 4.48. The maximum absolute atomic E-state index is 5.69. The van der Waals surface area contributed by atoms with Crippen LogP contribution < -0.4 is 0 Å². The van der Waals surface area contributed by atoms with Crippen LogP contribution in [0, 0.1) is 0 Å². The van der Waals surface area contributed by atoms with Gasteiger partial charge in [0.05, 0.1) is 0 Å². The minimum atomic E-state index is -2.80. The van der Waals surface area contributed by atoms with E-state index >= 15 is 0 Å². The number of rotatable bonds is 6. The van der Waals surface area contributed by atoms with Gasteiger partial charge in [0.15, 0.2) is 0 Å². The molecule has 0 aliphatic rings. The second kappa shape index (κ2) is 7.47. The molecular weight excluding hydrogens is 295 g/mol. The van der Waals surface area contributed by atoms with E-state index in [0.29, 0.717) is 0 Å². The van der Waals surface area contributed by atoms with Gasteiger partial charge in [-0.05, 0) is 0 Å². The topological polar surface area (TPSA) is 18.5 Å². The van der Waals surface area contributed by atoms with Gasteiger partial charge in [-0.1, -0.05) is 0 Å². The standard InChI is InChI=1S/2C5H9.2CH3O.Sn/c2*1-4-5(2)3;2*1-2;/h2*4H,1H2,2-3H3;2*1H3;/q;;2*-1;+2. The van der Waals surface area contributed by atoms with Crippen molar-refractivity contribution in [3.63, 3.8) is 0 Å². The fraction of sp³-hybridized carbons (Fsp3) is 0.667. The van der Waals surface area contributed by atoms with Gasteiger partial charge in [-0.2, -0.15) is 0 Å². The average Bonchev–Trinajstić information content (AvgIpc) is 2.19. The first kappa shape index (κ1) is 15.2. The molecule has 0 bridgehead atoms. The van der Waals surface area contributed by atoms with Crippen LogP contribution in [0.1, 0.15) is 27.7 Å². The molecule has 0 fully saturated rings. The van der Waals surface area contributed by atoms with Crippen molar-refractivity contribution in [2.75, 3.05) is 14.2 Å². The van der Waals surface area contributed by atoms with Gasteiger partial charge in [0, 0.05) is 0 Å². The minimum absolute atomic E-state index is 0.994. The van der Waals surface area contributed by atoms with E-state index in [1.807, 2.05) is 0 Å². The summed E-state index contributed by atoms with van der Waals surface area (Å²) < 4.78 is 13.4. The monoisotopic (exact) mass is 320 g/mol. The average molecular weight is 319 g/mol. The molecule has 0 rings (SSSR count). The molecule has 3 heteroatoms. The second-order valence-corrected chi connectivity index (χ2v) is 14.1. The van der Waals surface area contributed by atoms with E-state index in [0.717, 1.165) is 8.87 Å². The van der Waals surface area contributed by atoms with Gasteiger partial charge in [0.1, 0.15) is 0 Å². The summed E-state index contributed by atoms with van der Waals surface area (Å²) in [6, 6.07) is 0. The van der Waals surface area contributed by atoms with Crippen molar-refractivity contribution >= 4 is 19.2 Å². The molecule has 0 saturated carbocycles. The summed E-state index contributed by atoms with van der Waals surface area (Å²) >= 11 is -2.80. The quantitative estimate of drug-likeness (QED) is 0.549. The Kier molecular flexibility index (Phi) is 7.57. The van der Waals surface area contributed by atoms with Crippen molar-refractivity contribution in [3.8, 4) is 0 Å². The van der Waals surface area contributed by atoms with Crippen LogP contribution in [0.5, 0.6) is 0 Å². The van der Waals surface area contributed by atoms with Gasteiger partial charge in [0.25, 0.3) is 0 Å². The van der Waals surface area contributed by atoms with Crippen molar-refractivity contribution in [2.45, 2.75) is 36.6 Å². The first-order valence-corrected chi connectivity index (χ1v) is 11.7. The van der Waals surface area contributed by atoms with E-state index < -0.39 is 19.2 Å². The first-order valence-electron chi connectivity index (χ1n) is 5.33. The maximum atomic E-state index is 5.69. The SMILES string of the molecule is C[O][Sn]([CH2]C=C(C)C)([CH2]C=C(C)C)[O]C. The van der Waals surface area contributed by atoms with Crippen LogP contribution in [0.3, 0.4) is 0 Å². The summed E-state index contributed by atoms with van der Waals surface area (Å²) in [4.78, 5) is 0.